The zero-order valence-electron chi connectivity index (χ0n) is 12.0. The van der Waals surface area contributed by atoms with Crippen LogP contribution in [0.15, 0.2) is 48.5 Å². The lowest BCUT2D eigenvalue weighted by atomic mass is 10.1. The monoisotopic (exact) mass is 288 g/mol. The van der Waals surface area contributed by atoms with Crippen LogP contribution in [0.4, 0.5) is 4.39 Å². The van der Waals surface area contributed by atoms with Crippen molar-refractivity contribution in [1.82, 2.24) is 0 Å². The highest BCUT2D eigenvalue weighted by atomic mass is 19.1. The second-order valence-corrected chi connectivity index (χ2v) is 4.52. The van der Waals surface area contributed by atoms with Crippen molar-refractivity contribution in [1.29, 1.82) is 0 Å². The topological polar surface area (TPSA) is 35.5 Å². The summed E-state index contributed by atoms with van der Waals surface area (Å²) in [4.78, 5) is 11.5. The SMILES string of the molecule is CCOC(=O)C(C)Oc1ccc(F)c(-c2ccccc2)c1. The number of benzene rings is 2. The van der Waals surface area contributed by atoms with Gasteiger partial charge in [-0.05, 0) is 37.6 Å². The molecule has 0 radical (unpaired) electrons. The van der Waals surface area contributed by atoms with Crippen LogP contribution in [0.1, 0.15) is 13.8 Å². The second kappa shape index (κ2) is 6.88. The Bertz CT molecular complexity index is 611. The molecule has 0 saturated heterocycles. The molecule has 0 fully saturated rings. The molecule has 1 atom stereocenters. The average molecular weight is 288 g/mol. The maximum Gasteiger partial charge on any atom is 0.347 e. The van der Waals surface area contributed by atoms with Crippen molar-refractivity contribution in [3.8, 4) is 16.9 Å². The normalized spacial score (nSPS) is 11.8. The zero-order chi connectivity index (χ0) is 15.2. The van der Waals surface area contributed by atoms with E-state index in [0.29, 0.717) is 17.9 Å². The van der Waals surface area contributed by atoms with Gasteiger partial charge in [-0.3, -0.25) is 0 Å². The minimum atomic E-state index is -0.737. The lowest BCUT2D eigenvalue weighted by molar-refractivity contribution is -0.150. The second-order valence-electron chi connectivity index (χ2n) is 4.52. The molecule has 0 N–H and O–H groups in total. The van der Waals surface area contributed by atoms with E-state index < -0.39 is 12.1 Å². The predicted molar refractivity (Wildman–Crippen MR) is 78.6 cm³/mol. The van der Waals surface area contributed by atoms with Gasteiger partial charge in [-0.25, -0.2) is 9.18 Å². The number of carbonyl (C=O) groups is 1. The highest BCUT2D eigenvalue weighted by molar-refractivity contribution is 5.74. The summed E-state index contributed by atoms with van der Waals surface area (Å²) < 4.78 is 24.3. The smallest absolute Gasteiger partial charge is 0.347 e. The molecule has 0 heterocycles. The highest BCUT2D eigenvalue weighted by Crippen LogP contribution is 2.27. The van der Waals surface area contributed by atoms with Gasteiger partial charge in [0.2, 0.25) is 0 Å². The summed E-state index contributed by atoms with van der Waals surface area (Å²) in [6, 6.07) is 13.6. The molecule has 2 rings (SSSR count). The molecule has 2 aromatic carbocycles. The average Bonchev–Trinajstić information content (AvgIpc) is 2.50. The Labute approximate surface area is 123 Å². The van der Waals surface area contributed by atoms with Gasteiger partial charge in [0.15, 0.2) is 6.10 Å². The first kappa shape index (κ1) is 15.0. The largest absolute Gasteiger partial charge is 0.479 e. The van der Waals surface area contributed by atoms with Gasteiger partial charge in [-0.1, -0.05) is 30.3 Å². The third kappa shape index (κ3) is 3.81. The van der Waals surface area contributed by atoms with E-state index in [-0.39, 0.29) is 5.82 Å². The Hall–Kier alpha value is -2.36. The van der Waals surface area contributed by atoms with Crippen LogP contribution in [-0.4, -0.2) is 18.7 Å². The van der Waals surface area contributed by atoms with Crippen LogP contribution in [0.2, 0.25) is 0 Å². The highest BCUT2D eigenvalue weighted by Gasteiger charge is 2.16. The Balaban J connectivity index is 2.21. The van der Waals surface area contributed by atoms with Gasteiger partial charge in [-0.2, -0.15) is 0 Å². The number of rotatable bonds is 5. The van der Waals surface area contributed by atoms with Crippen LogP contribution in [0.3, 0.4) is 0 Å². The van der Waals surface area contributed by atoms with Crippen molar-refractivity contribution in [2.45, 2.75) is 20.0 Å². The van der Waals surface area contributed by atoms with Crippen molar-refractivity contribution in [3.63, 3.8) is 0 Å². The van der Waals surface area contributed by atoms with E-state index in [2.05, 4.69) is 0 Å². The first-order valence-corrected chi connectivity index (χ1v) is 6.80. The van der Waals surface area contributed by atoms with Crippen LogP contribution in [0.5, 0.6) is 5.75 Å². The Morgan fingerprint density at radius 1 is 1.19 bits per heavy atom. The molecule has 0 aliphatic rings. The molecule has 21 heavy (non-hydrogen) atoms. The fourth-order valence-corrected chi connectivity index (χ4v) is 1.93. The molecule has 0 saturated carbocycles. The number of ether oxygens (including phenoxy) is 2. The van der Waals surface area contributed by atoms with Crippen LogP contribution in [0, 0.1) is 5.82 Å². The van der Waals surface area contributed by atoms with E-state index in [9.17, 15) is 9.18 Å². The van der Waals surface area contributed by atoms with Gasteiger partial charge < -0.3 is 9.47 Å². The maximum atomic E-state index is 13.9. The summed E-state index contributed by atoms with van der Waals surface area (Å²) in [7, 11) is 0. The molecular formula is C17H17FO3. The van der Waals surface area contributed by atoms with Gasteiger partial charge >= 0.3 is 5.97 Å². The third-order valence-electron chi connectivity index (χ3n) is 2.95. The van der Waals surface area contributed by atoms with Crippen LogP contribution in [-0.2, 0) is 9.53 Å². The molecule has 0 bridgehead atoms. The van der Waals surface area contributed by atoms with Gasteiger partial charge in [-0.15, -0.1) is 0 Å². The van der Waals surface area contributed by atoms with Crippen LogP contribution >= 0.6 is 0 Å². The number of esters is 1. The molecule has 0 aromatic heterocycles. The van der Waals surface area contributed by atoms with E-state index in [4.69, 9.17) is 9.47 Å². The van der Waals surface area contributed by atoms with Gasteiger partial charge in [0.25, 0.3) is 0 Å². The minimum absolute atomic E-state index is 0.297. The molecule has 0 amide bonds. The van der Waals surface area contributed by atoms with E-state index >= 15 is 0 Å². The van der Waals surface area contributed by atoms with Crippen molar-refractivity contribution in [3.05, 3.63) is 54.3 Å². The molecule has 3 nitrogen and oxygen atoms in total. The quantitative estimate of drug-likeness (QED) is 0.785. The number of carbonyl (C=O) groups excluding carboxylic acids is 1. The first-order chi connectivity index (χ1) is 10.1. The Morgan fingerprint density at radius 2 is 1.90 bits per heavy atom. The van der Waals surface area contributed by atoms with E-state index in [1.165, 1.54) is 12.1 Å². The molecular weight excluding hydrogens is 271 g/mol. The molecule has 2 aromatic rings. The fraction of sp³-hybridized carbons (Fsp3) is 0.235. The van der Waals surface area contributed by atoms with Crippen LogP contribution in [0.25, 0.3) is 11.1 Å². The molecule has 110 valence electrons. The van der Waals surface area contributed by atoms with Crippen molar-refractivity contribution in [2.24, 2.45) is 0 Å². The summed E-state index contributed by atoms with van der Waals surface area (Å²) >= 11 is 0. The zero-order valence-corrected chi connectivity index (χ0v) is 12.0. The van der Waals surface area contributed by atoms with Crippen molar-refractivity contribution in [2.75, 3.05) is 6.61 Å². The molecule has 1 unspecified atom stereocenters. The third-order valence-corrected chi connectivity index (χ3v) is 2.95. The first-order valence-electron chi connectivity index (χ1n) is 6.80. The standard InChI is InChI=1S/C17H17FO3/c1-3-20-17(19)12(2)21-14-9-10-16(18)15(11-14)13-7-5-4-6-8-13/h4-12H,3H2,1-2H3. The molecule has 0 aliphatic carbocycles. The van der Waals surface area contributed by atoms with Gasteiger partial charge in [0, 0.05) is 5.56 Å². The fourth-order valence-electron chi connectivity index (χ4n) is 1.93. The summed E-state index contributed by atoms with van der Waals surface area (Å²) in [5, 5.41) is 0. The van der Waals surface area contributed by atoms with Crippen molar-refractivity contribution < 1.29 is 18.7 Å². The maximum absolute atomic E-state index is 13.9. The van der Waals surface area contributed by atoms with E-state index in [0.717, 1.165) is 5.56 Å². The summed E-state index contributed by atoms with van der Waals surface area (Å²) in [5.74, 6) is -0.351. The van der Waals surface area contributed by atoms with E-state index in [1.54, 1.807) is 19.9 Å². The Kier molecular flexibility index (Phi) is 4.93. The predicted octanol–water partition coefficient (Wildman–Crippen LogP) is 3.82. The molecule has 4 heteroatoms. The summed E-state index contributed by atoms with van der Waals surface area (Å²) in [6.45, 7) is 3.63. The van der Waals surface area contributed by atoms with Crippen LogP contribution < -0.4 is 4.74 Å². The number of hydrogen-bond acceptors (Lipinski definition) is 3. The lowest BCUT2D eigenvalue weighted by Gasteiger charge is -2.14. The lowest BCUT2D eigenvalue weighted by Crippen LogP contribution is -2.26. The molecule has 0 spiro atoms. The molecule has 0 aliphatic heterocycles. The van der Waals surface area contributed by atoms with E-state index in [1.807, 2.05) is 30.3 Å². The van der Waals surface area contributed by atoms with Gasteiger partial charge in [0.1, 0.15) is 11.6 Å². The number of hydrogen-bond donors (Lipinski definition) is 0. The van der Waals surface area contributed by atoms with Gasteiger partial charge in [0.05, 0.1) is 6.61 Å². The summed E-state index contributed by atoms with van der Waals surface area (Å²) in [5.41, 5.74) is 1.19. The number of halogens is 1. The van der Waals surface area contributed by atoms with Crippen molar-refractivity contribution >= 4 is 5.97 Å². The Morgan fingerprint density at radius 3 is 2.57 bits per heavy atom. The summed E-state index contributed by atoms with van der Waals surface area (Å²) in [6.07, 6.45) is -0.737. The minimum Gasteiger partial charge on any atom is -0.479 e.